The van der Waals surface area contributed by atoms with Gasteiger partial charge in [-0.15, -0.1) is 0 Å². The number of Topliss-reactive ketones (excluding diaryl/α,β-unsaturated/α-hetero) is 1. The van der Waals surface area contributed by atoms with E-state index in [1.165, 1.54) is 11.3 Å². The first-order chi connectivity index (χ1) is 18.0. The van der Waals surface area contributed by atoms with Crippen LogP contribution in [0.25, 0.3) is 11.1 Å². The second-order valence-corrected chi connectivity index (χ2v) is 12.5. The number of aryl methyl sites for hydroxylation is 1. The van der Waals surface area contributed by atoms with Crippen LogP contribution in [0.15, 0.2) is 54.7 Å². The molecule has 1 aliphatic carbocycles. The second-order valence-electron chi connectivity index (χ2n) is 12.0. The molecule has 1 aliphatic heterocycles. The van der Waals surface area contributed by atoms with Gasteiger partial charge in [-0.2, -0.15) is 0 Å². The molecule has 3 atom stereocenters. The van der Waals surface area contributed by atoms with E-state index in [4.69, 9.17) is 11.6 Å². The van der Waals surface area contributed by atoms with E-state index in [2.05, 4.69) is 48.1 Å². The highest BCUT2D eigenvalue weighted by Crippen LogP contribution is 2.54. The van der Waals surface area contributed by atoms with Crippen LogP contribution in [0.1, 0.15) is 73.6 Å². The molecule has 2 aliphatic rings. The maximum Gasteiger partial charge on any atom is 0.217 e. The van der Waals surface area contributed by atoms with Gasteiger partial charge in [0.15, 0.2) is 5.78 Å². The van der Waals surface area contributed by atoms with Crippen molar-refractivity contribution >= 4 is 29.0 Å². The van der Waals surface area contributed by atoms with Gasteiger partial charge in [-0.3, -0.25) is 14.6 Å². The highest BCUT2D eigenvalue weighted by atomic mass is 35.5. The Balaban J connectivity index is 1.64. The summed E-state index contributed by atoms with van der Waals surface area (Å²) in [4.78, 5) is 32.8. The van der Waals surface area contributed by atoms with Crippen LogP contribution < -0.4 is 10.2 Å². The summed E-state index contributed by atoms with van der Waals surface area (Å²) < 4.78 is 0. The Kier molecular flexibility index (Phi) is 7.08. The lowest BCUT2D eigenvalue weighted by Crippen LogP contribution is -2.50. The Morgan fingerprint density at radius 2 is 1.82 bits per heavy atom. The Labute approximate surface area is 230 Å². The van der Waals surface area contributed by atoms with Crippen LogP contribution in [0.4, 0.5) is 5.69 Å². The monoisotopic (exact) mass is 529 g/mol. The molecule has 0 radical (unpaired) electrons. The average molecular weight is 530 g/mol. The zero-order valence-corrected chi connectivity index (χ0v) is 23.6. The van der Waals surface area contributed by atoms with Crippen molar-refractivity contribution in [2.45, 2.75) is 71.9 Å². The minimum Gasteiger partial charge on any atom is -0.365 e. The van der Waals surface area contributed by atoms with Gasteiger partial charge in [0.1, 0.15) is 0 Å². The molecule has 0 unspecified atom stereocenters. The maximum absolute atomic E-state index is 13.6. The first-order valence-corrected chi connectivity index (χ1v) is 13.8. The number of fused-ring (bicyclic) bond motifs is 3. The summed E-state index contributed by atoms with van der Waals surface area (Å²) in [5, 5.41) is 3.89. The predicted octanol–water partition coefficient (Wildman–Crippen LogP) is 6.75. The highest BCUT2D eigenvalue weighted by Gasteiger charge is 2.49. The third-order valence-electron chi connectivity index (χ3n) is 7.65. The molecular weight excluding hydrogens is 494 g/mol. The number of anilines is 1. The molecule has 5 rings (SSSR count). The quantitative estimate of drug-likeness (QED) is 0.359. The van der Waals surface area contributed by atoms with Crippen LogP contribution >= 0.6 is 11.6 Å². The third kappa shape index (κ3) is 5.35. The summed E-state index contributed by atoms with van der Waals surface area (Å²) in [6, 6.07) is 16.0. The van der Waals surface area contributed by atoms with Crippen LogP contribution in [-0.4, -0.2) is 35.3 Å². The fraction of sp³-hybridized carbons (Fsp3) is 0.406. The van der Waals surface area contributed by atoms with Crippen LogP contribution in [-0.2, 0) is 11.2 Å². The van der Waals surface area contributed by atoms with Crippen LogP contribution in [0.5, 0.6) is 0 Å². The number of pyridine rings is 1. The Morgan fingerprint density at radius 1 is 1.08 bits per heavy atom. The summed E-state index contributed by atoms with van der Waals surface area (Å²) in [7, 11) is 0. The number of rotatable bonds is 6. The van der Waals surface area contributed by atoms with Crippen LogP contribution in [0.2, 0.25) is 5.02 Å². The molecule has 198 valence electrons. The summed E-state index contributed by atoms with van der Waals surface area (Å²) in [6.45, 7) is 11.2. The Bertz CT molecular complexity index is 1360. The molecule has 1 aromatic heterocycles. The van der Waals surface area contributed by atoms with E-state index >= 15 is 0 Å². The number of benzene rings is 2. The minimum atomic E-state index is 0.00380. The number of nitrogens with zero attached hydrogens (tertiary/aromatic N) is 2. The van der Waals surface area contributed by atoms with Crippen molar-refractivity contribution in [1.82, 2.24) is 10.3 Å². The van der Waals surface area contributed by atoms with Crippen molar-refractivity contribution in [2.75, 3.05) is 11.4 Å². The lowest BCUT2D eigenvalue weighted by molar-refractivity contribution is -0.119. The summed E-state index contributed by atoms with van der Waals surface area (Å²) in [6.07, 6.45) is 4.13. The zero-order valence-electron chi connectivity index (χ0n) is 22.8. The van der Waals surface area contributed by atoms with E-state index in [-0.39, 0.29) is 35.1 Å². The highest BCUT2D eigenvalue weighted by molar-refractivity contribution is 6.30. The molecule has 0 saturated heterocycles. The molecule has 5 nitrogen and oxygen atoms in total. The number of carbonyl (C=O) groups is 2. The van der Waals surface area contributed by atoms with E-state index in [0.29, 0.717) is 17.0 Å². The van der Waals surface area contributed by atoms with E-state index in [1.54, 1.807) is 6.92 Å². The van der Waals surface area contributed by atoms with Crippen molar-refractivity contribution in [3.63, 3.8) is 0 Å². The van der Waals surface area contributed by atoms with Gasteiger partial charge in [0, 0.05) is 71.1 Å². The number of hydrogen-bond acceptors (Lipinski definition) is 4. The Hall–Kier alpha value is -3.18. The zero-order chi connectivity index (χ0) is 27.2. The molecule has 1 saturated carbocycles. The van der Waals surface area contributed by atoms with Gasteiger partial charge in [0.05, 0.1) is 6.04 Å². The second kappa shape index (κ2) is 10.2. The molecule has 3 aromatic rings. The molecule has 6 heteroatoms. The molecular formula is C32H36ClN3O2. The number of ketones is 1. The van der Waals surface area contributed by atoms with E-state index in [1.807, 2.05) is 49.5 Å². The molecule has 1 fully saturated rings. The van der Waals surface area contributed by atoms with E-state index in [9.17, 15) is 9.59 Å². The number of carbonyl (C=O) groups excluding carboxylic acids is 2. The van der Waals surface area contributed by atoms with Gasteiger partial charge in [-0.05, 0) is 66.6 Å². The van der Waals surface area contributed by atoms with Gasteiger partial charge in [0.25, 0.3) is 0 Å². The maximum atomic E-state index is 13.6. The van der Waals surface area contributed by atoms with Gasteiger partial charge in [0.2, 0.25) is 5.91 Å². The van der Waals surface area contributed by atoms with Gasteiger partial charge in [-0.25, -0.2) is 0 Å². The number of halogens is 1. The van der Waals surface area contributed by atoms with Gasteiger partial charge < -0.3 is 10.2 Å². The fourth-order valence-electron chi connectivity index (χ4n) is 6.18. The molecule has 2 aromatic carbocycles. The number of aromatic nitrogens is 1. The molecule has 2 heterocycles. The lowest BCUT2D eigenvalue weighted by Gasteiger charge is -2.37. The molecule has 1 amide bonds. The van der Waals surface area contributed by atoms with Crippen LogP contribution in [0.3, 0.4) is 0 Å². The third-order valence-corrected chi connectivity index (χ3v) is 7.91. The predicted molar refractivity (Wildman–Crippen MR) is 154 cm³/mol. The van der Waals surface area contributed by atoms with Crippen molar-refractivity contribution in [3.8, 4) is 11.1 Å². The molecule has 0 bridgehead atoms. The Morgan fingerprint density at radius 3 is 2.45 bits per heavy atom. The lowest BCUT2D eigenvalue weighted by atomic mass is 9.90. The molecule has 0 spiro atoms. The number of nitrogens with one attached hydrogen (secondary N) is 1. The number of hydrogen-bond donors (Lipinski definition) is 1. The number of amides is 1. The summed E-state index contributed by atoms with van der Waals surface area (Å²) in [5.41, 5.74) is 7.09. The van der Waals surface area contributed by atoms with Crippen molar-refractivity contribution in [1.29, 1.82) is 0 Å². The van der Waals surface area contributed by atoms with Crippen molar-refractivity contribution in [2.24, 2.45) is 5.41 Å². The van der Waals surface area contributed by atoms with E-state index < -0.39 is 0 Å². The normalized spacial score (nSPS) is 20.3. The minimum absolute atomic E-state index is 0.00380. The molecule has 1 N–H and O–H groups in total. The fourth-order valence-corrected chi connectivity index (χ4v) is 6.30. The van der Waals surface area contributed by atoms with E-state index in [0.717, 1.165) is 41.8 Å². The first-order valence-electron chi connectivity index (χ1n) is 13.4. The van der Waals surface area contributed by atoms with Gasteiger partial charge >= 0.3 is 0 Å². The van der Waals surface area contributed by atoms with Crippen LogP contribution in [0, 0.1) is 12.3 Å². The first kappa shape index (κ1) is 26.4. The summed E-state index contributed by atoms with van der Waals surface area (Å²) in [5.74, 6) is 0.340. The topological polar surface area (TPSA) is 62.3 Å². The van der Waals surface area contributed by atoms with Crippen molar-refractivity contribution in [3.05, 3.63) is 82.1 Å². The smallest absolute Gasteiger partial charge is 0.217 e. The van der Waals surface area contributed by atoms with Crippen molar-refractivity contribution < 1.29 is 9.59 Å². The SMILES string of the molecule is CC(=O)N[C@@H]1CC[C@H]2c3cc(C(=O)Cc4ccc(Cl)cc4)cc(-c4ccc(C)nc4)c3N(CC(C)(C)C)[C@@H]12. The molecule has 38 heavy (non-hydrogen) atoms. The average Bonchev–Trinajstić information content (AvgIpc) is 3.38. The van der Waals surface area contributed by atoms with Gasteiger partial charge in [-0.1, -0.05) is 50.6 Å². The summed E-state index contributed by atoms with van der Waals surface area (Å²) >= 11 is 6.06. The standard InChI is InChI=1S/C32H36ClN3O2/c1-19-6-9-22(17-34-19)26-15-23(29(38)14-21-7-10-24(33)11-8-21)16-27-25-12-13-28(35-20(2)37)31(25)36(30(26)27)18-32(3,4)5/h6-11,15-17,25,28,31H,12-14,18H2,1-5H3,(H,35,37)/t25-,28+,31+/m0/s1. The largest absolute Gasteiger partial charge is 0.365 e.